The van der Waals surface area contributed by atoms with Crippen molar-refractivity contribution >= 4 is 29.4 Å². The number of carbonyl (C=O) groups excluding carboxylic acids is 1. The molecule has 11 heteroatoms. The van der Waals surface area contributed by atoms with Crippen LogP contribution in [-0.4, -0.2) is 36.7 Å². The minimum Gasteiger partial charge on any atom is -0.427 e. The molecule has 9 nitrogen and oxygen atoms in total. The number of aryl methyl sites for hydroxylation is 1. The highest BCUT2D eigenvalue weighted by molar-refractivity contribution is 6.31. The largest absolute Gasteiger partial charge is 0.528 e. The van der Waals surface area contributed by atoms with Gasteiger partial charge < -0.3 is 14.1 Å². The maximum atomic E-state index is 12.4. The van der Waals surface area contributed by atoms with E-state index >= 15 is 0 Å². The average Bonchev–Trinajstić information content (AvgIpc) is 3.31. The number of rotatable bonds is 3. The maximum absolute atomic E-state index is 12.4. The fraction of sp³-hybridized carbons (Fsp3) is 0.520. The highest BCUT2D eigenvalue weighted by Gasteiger charge is 2.34. The molecule has 1 fully saturated rings. The summed E-state index contributed by atoms with van der Waals surface area (Å²) >= 11 is 12.7. The number of halogens is 2. The summed E-state index contributed by atoms with van der Waals surface area (Å²) < 4.78 is 12.7. The number of benzene rings is 1. The number of hydrogen-bond donors (Lipinski definition) is 0. The van der Waals surface area contributed by atoms with Gasteiger partial charge in [-0.25, -0.2) is 4.79 Å². The van der Waals surface area contributed by atoms with Crippen molar-refractivity contribution in [2.75, 3.05) is 0 Å². The third kappa shape index (κ3) is 5.10. The van der Waals surface area contributed by atoms with Crippen molar-refractivity contribution in [3.05, 3.63) is 56.9 Å². The zero-order chi connectivity index (χ0) is 25.6. The first-order valence-electron chi connectivity index (χ1n) is 12.1. The van der Waals surface area contributed by atoms with E-state index < -0.39 is 11.8 Å². The predicted octanol–water partition coefficient (Wildman–Crippen LogP) is 6.49. The summed E-state index contributed by atoms with van der Waals surface area (Å²) in [6.45, 7) is 7.81. The Kier molecular flexibility index (Phi) is 6.74. The van der Waals surface area contributed by atoms with Crippen molar-refractivity contribution in [2.45, 2.75) is 83.9 Å². The molecule has 3 heterocycles. The Bertz CT molecular complexity index is 1270. The Balaban J connectivity index is 1.40. The number of hydroxylamine groups is 2. The van der Waals surface area contributed by atoms with E-state index in [0.29, 0.717) is 28.2 Å². The molecule has 5 rings (SSSR count). The second-order valence-electron chi connectivity index (χ2n) is 10.4. The van der Waals surface area contributed by atoms with Gasteiger partial charge in [-0.3, -0.25) is 4.57 Å². The number of ether oxygens (including phenoxy) is 1. The van der Waals surface area contributed by atoms with Gasteiger partial charge in [0.15, 0.2) is 11.6 Å². The van der Waals surface area contributed by atoms with Gasteiger partial charge in [0.2, 0.25) is 0 Å². The molecule has 1 aliphatic heterocycles. The first-order valence-corrected chi connectivity index (χ1v) is 12.8. The molecule has 0 amide bonds. The molecular weight excluding hydrogens is 505 g/mol. The van der Waals surface area contributed by atoms with Crippen molar-refractivity contribution < 1.29 is 18.9 Å². The summed E-state index contributed by atoms with van der Waals surface area (Å²) in [6.07, 6.45) is 2.94. The average molecular weight is 534 g/mol. The van der Waals surface area contributed by atoms with Crippen LogP contribution in [-0.2, 0) is 22.7 Å². The fourth-order valence-electron chi connectivity index (χ4n) is 4.96. The molecule has 1 aromatic carbocycles. The van der Waals surface area contributed by atoms with Gasteiger partial charge >= 0.3 is 6.16 Å². The van der Waals surface area contributed by atoms with Gasteiger partial charge in [0.25, 0.3) is 0 Å². The minimum atomic E-state index is -0.764. The number of hydrogen-bond acceptors (Lipinski definition) is 8. The SMILES string of the molecule is Cc1onc([C@H]2CC[C@H](c3nnc4n3-c3ccc(Cl)cc3CN(OC(=O)OC(C)(C)C)C4)CC2)c1Cl. The molecule has 2 aromatic heterocycles. The van der Waals surface area contributed by atoms with Crippen LogP contribution in [0.2, 0.25) is 10.0 Å². The van der Waals surface area contributed by atoms with E-state index in [2.05, 4.69) is 19.9 Å². The lowest BCUT2D eigenvalue weighted by atomic mass is 9.80. The number of fused-ring (bicyclic) bond motifs is 3. The summed E-state index contributed by atoms with van der Waals surface area (Å²) in [6, 6.07) is 5.70. The van der Waals surface area contributed by atoms with Gasteiger partial charge in [0.1, 0.15) is 22.1 Å². The lowest BCUT2D eigenvalue weighted by Crippen LogP contribution is -2.31. The van der Waals surface area contributed by atoms with Crippen molar-refractivity contribution in [3.63, 3.8) is 0 Å². The van der Waals surface area contributed by atoms with Gasteiger partial charge in [-0.15, -0.1) is 15.3 Å². The van der Waals surface area contributed by atoms with Crippen LogP contribution in [0, 0.1) is 6.92 Å². The van der Waals surface area contributed by atoms with Crippen LogP contribution in [0.15, 0.2) is 22.7 Å². The Labute approximate surface area is 219 Å². The normalized spacial score (nSPS) is 20.4. The Morgan fingerprint density at radius 1 is 1.08 bits per heavy atom. The molecule has 1 aliphatic carbocycles. The second-order valence-corrected chi connectivity index (χ2v) is 11.2. The van der Waals surface area contributed by atoms with Crippen LogP contribution < -0.4 is 0 Å². The van der Waals surface area contributed by atoms with E-state index in [-0.39, 0.29) is 18.4 Å². The van der Waals surface area contributed by atoms with Gasteiger partial charge in [0, 0.05) is 16.9 Å². The molecule has 0 saturated heterocycles. The Morgan fingerprint density at radius 2 is 1.81 bits per heavy atom. The van der Waals surface area contributed by atoms with Crippen LogP contribution in [0.4, 0.5) is 4.79 Å². The number of nitrogens with zero attached hydrogens (tertiary/aromatic N) is 5. The Morgan fingerprint density at radius 3 is 2.47 bits per heavy atom. The molecule has 2 aliphatic rings. The summed E-state index contributed by atoms with van der Waals surface area (Å²) in [5.41, 5.74) is 2.03. The van der Waals surface area contributed by atoms with Gasteiger partial charge in [0.05, 0.1) is 18.8 Å². The van der Waals surface area contributed by atoms with Crippen LogP contribution in [0.5, 0.6) is 0 Å². The molecular formula is C25H29Cl2N5O4. The monoisotopic (exact) mass is 533 g/mol. The standard InChI is InChI=1S/C25H29Cl2N5O4/c1-14-21(27)22(30-35-14)15-5-7-16(8-6-15)23-29-28-20-13-31(36-24(33)34-25(2,3)4)12-17-11-18(26)9-10-19(17)32(20)23/h9-11,15-16H,5-8,12-13H2,1-4H3/t15-,16-. The van der Waals surface area contributed by atoms with E-state index in [1.165, 1.54) is 5.06 Å². The van der Waals surface area contributed by atoms with Crippen LogP contribution in [0.25, 0.3) is 5.69 Å². The maximum Gasteiger partial charge on any atom is 0.528 e. The van der Waals surface area contributed by atoms with Crippen molar-refractivity contribution in [1.82, 2.24) is 25.0 Å². The lowest BCUT2D eigenvalue weighted by Gasteiger charge is -2.27. The highest BCUT2D eigenvalue weighted by Crippen LogP contribution is 2.43. The van der Waals surface area contributed by atoms with E-state index in [0.717, 1.165) is 48.5 Å². The zero-order valence-corrected chi connectivity index (χ0v) is 22.3. The van der Waals surface area contributed by atoms with Crippen molar-refractivity contribution in [1.29, 1.82) is 0 Å². The molecule has 0 atom stereocenters. The molecule has 3 aromatic rings. The van der Waals surface area contributed by atoms with Crippen LogP contribution in [0.3, 0.4) is 0 Å². The molecule has 192 valence electrons. The quantitative estimate of drug-likeness (QED) is 0.352. The second kappa shape index (κ2) is 9.68. The summed E-state index contributed by atoms with van der Waals surface area (Å²) in [5, 5.41) is 16.1. The summed E-state index contributed by atoms with van der Waals surface area (Å²) in [4.78, 5) is 17.9. The van der Waals surface area contributed by atoms with Crippen LogP contribution in [0.1, 0.15) is 87.0 Å². The summed E-state index contributed by atoms with van der Waals surface area (Å²) in [7, 11) is 0. The smallest absolute Gasteiger partial charge is 0.427 e. The molecule has 0 radical (unpaired) electrons. The van der Waals surface area contributed by atoms with E-state index in [4.69, 9.17) is 37.3 Å². The topological polar surface area (TPSA) is 95.5 Å². The molecule has 36 heavy (non-hydrogen) atoms. The van der Waals surface area contributed by atoms with Gasteiger partial charge in [-0.05, 0) is 77.1 Å². The molecule has 0 unspecified atom stereocenters. The number of aromatic nitrogens is 4. The molecule has 0 bridgehead atoms. The molecule has 1 saturated carbocycles. The van der Waals surface area contributed by atoms with Crippen LogP contribution >= 0.6 is 23.2 Å². The fourth-order valence-corrected chi connectivity index (χ4v) is 5.38. The van der Waals surface area contributed by atoms with Crippen molar-refractivity contribution in [2.24, 2.45) is 0 Å². The number of carbonyl (C=O) groups is 1. The van der Waals surface area contributed by atoms with E-state index in [1.807, 2.05) is 25.1 Å². The first kappa shape index (κ1) is 25.0. The molecule has 0 spiro atoms. The van der Waals surface area contributed by atoms with Gasteiger partial charge in [-0.1, -0.05) is 28.4 Å². The highest BCUT2D eigenvalue weighted by atomic mass is 35.5. The van der Waals surface area contributed by atoms with E-state index in [9.17, 15) is 4.79 Å². The predicted molar refractivity (Wildman–Crippen MR) is 133 cm³/mol. The third-order valence-electron chi connectivity index (χ3n) is 6.59. The van der Waals surface area contributed by atoms with Gasteiger partial charge in [-0.2, -0.15) is 0 Å². The summed E-state index contributed by atoms with van der Waals surface area (Å²) in [5.74, 6) is 2.73. The minimum absolute atomic E-state index is 0.219. The first-order chi connectivity index (χ1) is 17.1. The third-order valence-corrected chi connectivity index (χ3v) is 7.28. The van der Waals surface area contributed by atoms with Crippen molar-refractivity contribution in [3.8, 4) is 5.69 Å². The zero-order valence-electron chi connectivity index (χ0n) is 20.8. The van der Waals surface area contributed by atoms with E-state index in [1.54, 1.807) is 20.8 Å². The lowest BCUT2D eigenvalue weighted by molar-refractivity contribution is -0.155. The molecule has 0 N–H and O–H groups in total. The Hall–Kier alpha value is -2.62.